The van der Waals surface area contributed by atoms with Crippen molar-refractivity contribution >= 4 is 27.2 Å². The maximum Gasteiger partial charge on any atom is 0.274 e. The van der Waals surface area contributed by atoms with E-state index >= 15 is 0 Å². The van der Waals surface area contributed by atoms with Crippen LogP contribution in [0.2, 0.25) is 0 Å². The number of likely N-dealkylation sites (N-methyl/N-ethyl adjacent to an activating group) is 1. The van der Waals surface area contributed by atoms with Gasteiger partial charge in [0, 0.05) is 17.7 Å². The Morgan fingerprint density at radius 2 is 2.26 bits per heavy atom. The van der Waals surface area contributed by atoms with E-state index in [1.807, 2.05) is 26.8 Å². The summed E-state index contributed by atoms with van der Waals surface area (Å²) in [5.41, 5.74) is 1.80. The minimum Gasteiger partial charge on any atom is -0.314 e. The molecule has 5 nitrogen and oxygen atoms in total. The van der Waals surface area contributed by atoms with Crippen LogP contribution in [0.5, 0.6) is 0 Å². The van der Waals surface area contributed by atoms with Crippen LogP contribution >= 0.6 is 11.3 Å². The van der Waals surface area contributed by atoms with E-state index in [0.717, 1.165) is 27.3 Å². The number of aromatic nitrogens is 1. The van der Waals surface area contributed by atoms with Crippen molar-refractivity contribution in [3.05, 3.63) is 32.8 Å². The van der Waals surface area contributed by atoms with Gasteiger partial charge in [0.15, 0.2) is 0 Å². The van der Waals surface area contributed by atoms with Gasteiger partial charge in [0.2, 0.25) is 0 Å². The highest BCUT2D eigenvalue weighted by Gasteiger charge is 2.18. The van der Waals surface area contributed by atoms with Crippen LogP contribution in [-0.2, 0) is 6.42 Å². The molecular weight excluding hydrogens is 262 g/mol. The van der Waals surface area contributed by atoms with Gasteiger partial charge < -0.3 is 5.32 Å². The number of thiazole rings is 1. The van der Waals surface area contributed by atoms with E-state index in [2.05, 4.69) is 10.3 Å². The summed E-state index contributed by atoms with van der Waals surface area (Å²) in [6, 6.07) is 3.71. The molecule has 0 bridgehead atoms. The predicted molar refractivity (Wildman–Crippen MR) is 77.9 cm³/mol. The number of aryl methyl sites for hydroxylation is 1. The zero-order valence-corrected chi connectivity index (χ0v) is 12.1. The molecule has 1 heterocycles. The van der Waals surface area contributed by atoms with Gasteiger partial charge in [-0.25, -0.2) is 4.98 Å². The second-order valence-electron chi connectivity index (χ2n) is 4.60. The van der Waals surface area contributed by atoms with Crippen LogP contribution in [-0.4, -0.2) is 22.5 Å². The van der Waals surface area contributed by atoms with Crippen molar-refractivity contribution in [1.29, 1.82) is 0 Å². The molecule has 1 atom stereocenters. The number of hydrogen-bond donors (Lipinski definition) is 1. The summed E-state index contributed by atoms with van der Waals surface area (Å²) in [5.74, 6) is 0. The monoisotopic (exact) mass is 279 g/mol. The number of nitrogens with zero attached hydrogens (tertiary/aromatic N) is 2. The standard InChI is InChI=1S/C13H17N3O2S/c1-4-14-8(2)5-10-6-11-13(19-9(3)15-11)7-12(10)16(17)18/h6-8,14H,4-5H2,1-3H3. The molecule has 0 saturated carbocycles. The van der Waals surface area contributed by atoms with E-state index < -0.39 is 0 Å². The Kier molecular flexibility index (Phi) is 4.11. The minimum atomic E-state index is -0.303. The van der Waals surface area contributed by atoms with E-state index in [-0.39, 0.29) is 16.7 Å². The van der Waals surface area contributed by atoms with Crippen molar-refractivity contribution in [1.82, 2.24) is 10.3 Å². The Balaban J connectivity index is 2.44. The van der Waals surface area contributed by atoms with Crippen LogP contribution in [0.1, 0.15) is 24.4 Å². The van der Waals surface area contributed by atoms with Crippen molar-refractivity contribution in [2.24, 2.45) is 0 Å². The Labute approximate surface area is 115 Å². The topological polar surface area (TPSA) is 68.1 Å². The van der Waals surface area contributed by atoms with Crippen molar-refractivity contribution in [3.8, 4) is 0 Å². The first kappa shape index (κ1) is 13.9. The lowest BCUT2D eigenvalue weighted by molar-refractivity contribution is -0.385. The smallest absolute Gasteiger partial charge is 0.274 e. The molecule has 0 radical (unpaired) electrons. The number of benzene rings is 1. The second kappa shape index (κ2) is 5.63. The summed E-state index contributed by atoms with van der Waals surface area (Å²) >= 11 is 1.49. The lowest BCUT2D eigenvalue weighted by atomic mass is 10.0. The molecule has 0 fully saturated rings. The van der Waals surface area contributed by atoms with Crippen LogP contribution in [0.4, 0.5) is 5.69 Å². The third-order valence-electron chi connectivity index (χ3n) is 2.97. The fourth-order valence-electron chi connectivity index (χ4n) is 2.21. The minimum absolute atomic E-state index is 0.195. The van der Waals surface area contributed by atoms with Crippen molar-refractivity contribution < 1.29 is 4.92 Å². The van der Waals surface area contributed by atoms with Gasteiger partial charge in [-0.2, -0.15) is 0 Å². The highest BCUT2D eigenvalue weighted by Crippen LogP contribution is 2.30. The molecule has 0 spiro atoms. The van der Waals surface area contributed by atoms with E-state index in [1.54, 1.807) is 6.07 Å². The van der Waals surface area contributed by atoms with Gasteiger partial charge in [-0.15, -0.1) is 11.3 Å². The number of fused-ring (bicyclic) bond motifs is 1. The lowest BCUT2D eigenvalue weighted by Gasteiger charge is -2.12. The van der Waals surface area contributed by atoms with Crippen molar-refractivity contribution in [2.45, 2.75) is 33.2 Å². The number of hydrogen-bond acceptors (Lipinski definition) is 5. The van der Waals surface area contributed by atoms with Crippen LogP contribution in [0.25, 0.3) is 10.2 Å². The summed E-state index contributed by atoms with van der Waals surface area (Å²) in [5, 5.41) is 15.4. The third-order valence-corrected chi connectivity index (χ3v) is 3.90. The molecule has 0 saturated heterocycles. The van der Waals surface area contributed by atoms with Crippen LogP contribution in [0.15, 0.2) is 12.1 Å². The maximum atomic E-state index is 11.2. The molecule has 0 aliphatic heterocycles. The summed E-state index contributed by atoms with van der Waals surface area (Å²) in [6.45, 7) is 6.83. The quantitative estimate of drug-likeness (QED) is 0.674. The van der Waals surface area contributed by atoms with Crippen molar-refractivity contribution in [3.63, 3.8) is 0 Å². The lowest BCUT2D eigenvalue weighted by Crippen LogP contribution is -2.27. The first-order valence-electron chi connectivity index (χ1n) is 6.29. The van der Waals surface area contributed by atoms with Crippen LogP contribution in [0, 0.1) is 17.0 Å². The number of nitrogens with one attached hydrogen (secondary N) is 1. The van der Waals surface area contributed by atoms with Gasteiger partial charge in [-0.05, 0) is 32.9 Å². The molecule has 1 unspecified atom stereocenters. The Morgan fingerprint density at radius 3 is 2.89 bits per heavy atom. The van der Waals surface area contributed by atoms with Crippen molar-refractivity contribution in [2.75, 3.05) is 6.54 Å². The Bertz CT molecular complexity index is 609. The Hall–Kier alpha value is -1.53. The average molecular weight is 279 g/mol. The second-order valence-corrected chi connectivity index (χ2v) is 5.84. The molecule has 19 heavy (non-hydrogen) atoms. The largest absolute Gasteiger partial charge is 0.314 e. The van der Waals surface area contributed by atoms with E-state index in [4.69, 9.17) is 0 Å². The first-order valence-corrected chi connectivity index (χ1v) is 7.10. The molecule has 1 aromatic heterocycles. The summed E-state index contributed by atoms with van der Waals surface area (Å²) in [4.78, 5) is 15.3. The zero-order valence-electron chi connectivity index (χ0n) is 11.3. The van der Waals surface area contributed by atoms with Gasteiger partial charge in [-0.1, -0.05) is 6.92 Å². The number of nitro groups is 1. The maximum absolute atomic E-state index is 11.2. The molecule has 0 amide bonds. The fourth-order valence-corrected chi connectivity index (χ4v) is 3.05. The predicted octanol–water partition coefficient (Wildman–Crippen LogP) is 3.05. The first-order chi connectivity index (χ1) is 9.01. The van der Waals surface area contributed by atoms with Crippen LogP contribution in [0.3, 0.4) is 0 Å². The SMILES string of the molecule is CCNC(C)Cc1cc2nc(C)sc2cc1[N+](=O)[O-]. The van der Waals surface area contributed by atoms with Gasteiger partial charge in [0.05, 0.1) is 20.1 Å². The summed E-state index contributed by atoms with van der Waals surface area (Å²) in [6.07, 6.45) is 0.636. The molecule has 1 N–H and O–H groups in total. The van der Waals surface area contributed by atoms with Crippen LogP contribution < -0.4 is 5.32 Å². The highest BCUT2D eigenvalue weighted by molar-refractivity contribution is 7.18. The highest BCUT2D eigenvalue weighted by atomic mass is 32.1. The van der Waals surface area contributed by atoms with E-state index in [9.17, 15) is 10.1 Å². The Morgan fingerprint density at radius 1 is 1.53 bits per heavy atom. The molecule has 6 heteroatoms. The summed E-state index contributed by atoms with van der Waals surface area (Å²) < 4.78 is 0.879. The normalized spacial score (nSPS) is 12.8. The van der Waals surface area contributed by atoms with Gasteiger partial charge in [0.1, 0.15) is 0 Å². The molecule has 0 aliphatic carbocycles. The fraction of sp³-hybridized carbons (Fsp3) is 0.462. The van der Waals surface area contributed by atoms with Gasteiger partial charge >= 0.3 is 0 Å². The van der Waals surface area contributed by atoms with E-state index in [1.165, 1.54) is 11.3 Å². The van der Waals surface area contributed by atoms with Gasteiger partial charge in [0.25, 0.3) is 5.69 Å². The van der Waals surface area contributed by atoms with Gasteiger partial charge in [-0.3, -0.25) is 10.1 Å². The molecule has 102 valence electrons. The molecule has 2 aromatic rings. The molecular formula is C13H17N3O2S. The third kappa shape index (κ3) is 3.08. The molecule has 2 rings (SSSR count). The molecule has 1 aromatic carbocycles. The molecule has 0 aliphatic rings. The number of rotatable bonds is 5. The number of nitro benzene ring substituents is 1. The zero-order chi connectivity index (χ0) is 14.0. The summed E-state index contributed by atoms with van der Waals surface area (Å²) in [7, 11) is 0. The van der Waals surface area contributed by atoms with E-state index in [0.29, 0.717) is 6.42 Å². The average Bonchev–Trinajstić information content (AvgIpc) is 2.67.